The normalized spacial score (nSPS) is 30.3. The highest BCUT2D eigenvalue weighted by Crippen LogP contribution is 2.55. The second kappa shape index (κ2) is 6.74. The van der Waals surface area contributed by atoms with Gasteiger partial charge in [0, 0.05) is 11.6 Å². The number of hydrogen-bond acceptors (Lipinski definition) is 5. The Bertz CT molecular complexity index is 1010. The van der Waals surface area contributed by atoms with E-state index in [0.717, 1.165) is 30.6 Å². The Labute approximate surface area is 174 Å². The van der Waals surface area contributed by atoms with Gasteiger partial charge in [0.1, 0.15) is 9.96 Å². The summed E-state index contributed by atoms with van der Waals surface area (Å²) in [5, 5.41) is 15.3. The molecule has 4 aliphatic rings. The number of rotatable bonds is 5. The van der Waals surface area contributed by atoms with Crippen LogP contribution in [-0.2, 0) is 10.0 Å². The molecule has 1 aromatic heterocycles. The molecule has 1 aromatic carbocycles. The number of carbonyl (C=O) groups excluding carboxylic acids is 1. The molecule has 3 N–H and O–H groups in total. The molecule has 0 unspecified atom stereocenters. The first-order valence-electron chi connectivity index (χ1n) is 10.0. The second-order valence-corrected chi connectivity index (χ2v) is 11.8. The highest BCUT2D eigenvalue weighted by atomic mass is 32.2. The van der Waals surface area contributed by atoms with Crippen LogP contribution in [0.3, 0.4) is 0 Å². The molecule has 6 nitrogen and oxygen atoms in total. The molecule has 6 rings (SSSR count). The van der Waals surface area contributed by atoms with Gasteiger partial charge in [-0.2, -0.15) is 0 Å². The molecule has 1 amide bonds. The lowest BCUT2D eigenvalue weighted by Crippen LogP contribution is -2.59. The van der Waals surface area contributed by atoms with Gasteiger partial charge < -0.3 is 10.4 Å². The number of phenols is 1. The fourth-order valence-electron chi connectivity index (χ4n) is 5.98. The quantitative estimate of drug-likeness (QED) is 0.667. The Morgan fingerprint density at radius 3 is 2.28 bits per heavy atom. The Hall–Kier alpha value is -2.06. The number of phenolic OH excluding ortho intramolecular Hbond substituents is 1. The van der Waals surface area contributed by atoms with Gasteiger partial charge >= 0.3 is 0 Å². The average Bonchev–Trinajstić information content (AvgIpc) is 3.15. The molecule has 8 heteroatoms. The predicted octanol–water partition coefficient (Wildman–Crippen LogP) is 3.95. The maximum Gasteiger partial charge on any atom is 0.271 e. The molecule has 29 heavy (non-hydrogen) atoms. The maximum absolute atomic E-state index is 12.9. The molecule has 4 bridgehead atoms. The fraction of sp³-hybridized carbons (Fsp3) is 0.476. The molecule has 0 aliphatic heterocycles. The largest absolute Gasteiger partial charge is 0.507 e. The van der Waals surface area contributed by atoms with Crippen molar-refractivity contribution in [2.45, 2.75) is 48.3 Å². The summed E-state index contributed by atoms with van der Waals surface area (Å²) in [6.45, 7) is 0. The zero-order valence-corrected chi connectivity index (χ0v) is 17.6. The van der Waals surface area contributed by atoms with Gasteiger partial charge in [-0.05, 0) is 79.9 Å². The highest BCUT2D eigenvalue weighted by molar-refractivity contribution is 7.94. The van der Waals surface area contributed by atoms with E-state index in [-0.39, 0.29) is 32.7 Å². The number of benzene rings is 1. The zero-order chi connectivity index (χ0) is 20.2. The molecule has 0 radical (unpaired) electrons. The van der Waals surface area contributed by atoms with Crippen LogP contribution in [0.5, 0.6) is 5.75 Å². The van der Waals surface area contributed by atoms with Gasteiger partial charge in [0.15, 0.2) is 0 Å². The zero-order valence-electron chi connectivity index (χ0n) is 15.9. The first kappa shape index (κ1) is 18.9. The Kier molecular flexibility index (Phi) is 4.40. The van der Waals surface area contributed by atoms with Crippen LogP contribution in [0.25, 0.3) is 0 Å². The summed E-state index contributed by atoms with van der Waals surface area (Å²) in [4.78, 5) is 12.9. The van der Waals surface area contributed by atoms with Gasteiger partial charge in [0.05, 0.1) is 11.3 Å². The maximum atomic E-state index is 12.9. The number of hydrogen-bond donors (Lipinski definition) is 3. The van der Waals surface area contributed by atoms with Crippen molar-refractivity contribution in [3.05, 3.63) is 41.3 Å². The average molecular weight is 433 g/mol. The molecule has 4 fully saturated rings. The third-order valence-corrected chi connectivity index (χ3v) is 9.45. The van der Waals surface area contributed by atoms with Crippen LogP contribution in [0.2, 0.25) is 0 Å². The summed E-state index contributed by atoms with van der Waals surface area (Å²) in [5.41, 5.74) is 0.264. The standard InChI is InChI=1S/C21H24N2O4S2/c24-18-9-16(23-29(26,27)19-2-1-5-28-19)3-4-17(18)20(25)22-21-10-13-6-14(11-21)8-15(7-13)12-21/h1-5,9,13-15,23-24H,6-8,10-12H2,(H,22,25). The summed E-state index contributed by atoms with van der Waals surface area (Å²) in [6, 6.07) is 7.46. The van der Waals surface area contributed by atoms with E-state index in [2.05, 4.69) is 10.0 Å². The van der Waals surface area contributed by atoms with E-state index in [4.69, 9.17) is 0 Å². The molecular weight excluding hydrogens is 408 g/mol. The first-order valence-corrected chi connectivity index (χ1v) is 12.4. The van der Waals surface area contributed by atoms with Crippen molar-refractivity contribution in [1.82, 2.24) is 5.32 Å². The van der Waals surface area contributed by atoms with E-state index in [1.807, 2.05) is 0 Å². The smallest absolute Gasteiger partial charge is 0.271 e. The van der Waals surface area contributed by atoms with Crippen LogP contribution in [0.4, 0.5) is 5.69 Å². The number of carbonyl (C=O) groups is 1. The highest BCUT2D eigenvalue weighted by Gasteiger charge is 2.51. The van der Waals surface area contributed by atoms with Gasteiger partial charge in [0.2, 0.25) is 0 Å². The third kappa shape index (κ3) is 3.53. The number of thiophene rings is 1. The lowest BCUT2D eigenvalue weighted by Gasteiger charge is -2.56. The van der Waals surface area contributed by atoms with E-state index in [0.29, 0.717) is 17.8 Å². The van der Waals surface area contributed by atoms with Crippen molar-refractivity contribution >= 4 is 33.0 Å². The lowest BCUT2D eigenvalue weighted by molar-refractivity contribution is -0.0167. The van der Waals surface area contributed by atoms with E-state index in [9.17, 15) is 18.3 Å². The minimum absolute atomic E-state index is 0.141. The van der Waals surface area contributed by atoms with Crippen molar-refractivity contribution in [3.63, 3.8) is 0 Å². The van der Waals surface area contributed by atoms with Crippen molar-refractivity contribution in [2.24, 2.45) is 17.8 Å². The number of anilines is 1. The third-order valence-electron chi connectivity index (χ3n) is 6.67. The van der Waals surface area contributed by atoms with Crippen LogP contribution in [0, 0.1) is 17.8 Å². The van der Waals surface area contributed by atoms with E-state index >= 15 is 0 Å². The summed E-state index contributed by atoms with van der Waals surface area (Å²) >= 11 is 1.12. The summed E-state index contributed by atoms with van der Waals surface area (Å²) < 4.78 is 27.3. The molecule has 0 spiro atoms. The number of aromatic hydroxyl groups is 1. The minimum Gasteiger partial charge on any atom is -0.507 e. The van der Waals surface area contributed by atoms with E-state index in [1.165, 1.54) is 43.5 Å². The summed E-state index contributed by atoms with van der Waals surface area (Å²) in [7, 11) is -3.70. The van der Waals surface area contributed by atoms with Crippen LogP contribution in [0.1, 0.15) is 48.9 Å². The molecule has 154 valence electrons. The van der Waals surface area contributed by atoms with Gasteiger partial charge in [-0.15, -0.1) is 11.3 Å². The fourth-order valence-corrected chi connectivity index (χ4v) is 8.02. The molecule has 4 aliphatic carbocycles. The van der Waals surface area contributed by atoms with Crippen molar-refractivity contribution < 1.29 is 18.3 Å². The summed E-state index contributed by atoms with van der Waals surface area (Å²) in [6.07, 6.45) is 6.97. The van der Waals surface area contributed by atoms with E-state index < -0.39 is 10.0 Å². The molecule has 2 aromatic rings. The Balaban J connectivity index is 1.32. The van der Waals surface area contributed by atoms with Crippen molar-refractivity contribution in [2.75, 3.05) is 4.72 Å². The Morgan fingerprint density at radius 2 is 1.72 bits per heavy atom. The first-order chi connectivity index (χ1) is 13.8. The Morgan fingerprint density at radius 1 is 1.07 bits per heavy atom. The molecule has 4 saturated carbocycles. The minimum atomic E-state index is -3.70. The van der Waals surface area contributed by atoms with Crippen LogP contribution in [-0.4, -0.2) is 25.0 Å². The molecule has 0 atom stereocenters. The van der Waals surface area contributed by atoms with Gasteiger partial charge in [-0.1, -0.05) is 6.07 Å². The van der Waals surface area contributed by atoms with Gasteiger partial charge in [0.25, 0.3) is 15.9 Å². The second-order valence-electron chi connectivity index (χ2n) is 8.92. The van der Waals surface area contributed by atoms with Crippen LogP contribution in [0.15, 0.2) is 39.9 Å². The summed E-state index contributed by atoms with van der Waals surface area (Å²) in [5.74, 6) is 1.63. The van der Waals surface area contributed by atoms with Crippen molar-refractivity contribution in [1.29, 1.82) is 0 Å². The predicted molar refractivity (Wildman–Crippen MR) is 112 cm³/mol. The van der Waals surface area contributed by atoms with Gasteiger partial charge in [-0.3, -0.25) is 9.52 Å². The van der Waals surface area contributed by atoms with Gasteiger partial charge in [-0.25, -0.2) is 8.42 Å². The SMILES string of the molecule is O=C(NC12CC3CC(CC(C3)C1)C2)c1ccc(NS(=O)(=O)c2cccs2)cc1O. The number of nitrogens with one attached hydrogen (secondary N) is 2. The van der Waals surface area contributed by atoms with Crippen LogP contribution >= 0.6 is 11.3 Å². The topological polar surface area (TPSA) is 95.5 Å². The molecule has 0 saturated heterocycles. The molecule has 1 heterocycles. The molecular formula is C21H24N2O4S2. The number of sulfonamides is 1. The number of amides is 1. The van der Waals surface area contributed by atoms with E-state index in [1.54, 1.807) is 11.4 Å². The lowest BCUT2D eigenvalue weighted by atomic mass is 9.53. The monoisotopic (exact) mass is 432 g/mol. The van der Waals surface area contributed by atoms with Crippen molar-refractivity contribution in [3.8, 4) is 5.75 Å². The van der Waals surface area contributed by atoms with Crippen LogP contribution < -0.4 is 10.0 Å².